The SMILES string of the molecule is CCNc1nc(-c2cccc(NC(=O)c3cccc4ccccc34)c2)cs1. The quantitative estimate of drug-likeness (QED) is 0.475. The lowest BCUT2D eigenvalue weighted by molar-refractivity contribution is 0.102. The minimum atomic E-state index is -0.115. The normalized spacial score (nSPS) is 10.7. The first-order chi connectivity index (χ1) is 13.2. The van der Waals surface area contributed by atoms with E-state index in [2.05, 4.69) is 15.6 Å². The standard InChI is InChI=1S/C22H19N3OS/c1-2-23-22-25-20(14-27-22)16-9-5-10-17(13-16)24-21(26)19-12-6-8-15-7-3-4-11-18(15)19/h3-14H,2H2,1H3,(H,23,25)(H,24,26). The number of hydrogen-bond donors (Lipinski definition) is 2. The Kier molecular flexibility index (Phi) is 4.85. The van der Waals surface area contributed by atoms with Gasteiger partial charge in [0.15, 0.2) is 5.13 Å². The van der Waals surface area contributed by atoms with Gasteiger partial charge < -0.3 is 10.6 Å². The van der Waals surface area contributed by atoms with E-state index in [1.165, 1.54) is 0 Å². The van der Waals surface area contributed by atoms with Crippen LogP contribution in [0.3, 0.4) is 0 Å². The first-order valence-electron chi connectivity index (χ1n) is 8.83. The Morgan fingerprint density at radius 1 is 1.04 bits per heavy atom. The summed E-state index contributed by atoms with van der Waals surface area (Å²) in [5, 5.41) is 11.2. The minimum Gasteiger partial charge on any atom is -0.362 e. The minimum absolute atomic E-state index is 0.115. The molecular formula is C22H19N3OS. The van der Waals surface area contributed by atoms with Crippen molar-refractivity contribution in [2.45, 2.75) is 6.92 Å². The highest BCUT2D eigenvalue weighted by Crippen LogP contribution is 2.27. The Morgan fingerprint density at radius 2 is 1.85 bits per heavy atom. The molecule has 0 aliphatic heterocycles. The van der Waals surface area contributed by atoms with Gasteiger partial charge in [-0.05, 0) is 35.9 Å². The van der Waals surface area contributed by atoms with Gasteiger partial charge in [0.05, 0.1) is 5.69 Å². The molecule has 1 aromatic heterocycles. The molecule has 0 bridgehead atoms. The molecule has 0 fully saturated rings. The Bertz CT molecular complexity index is 1100. The predicted molar refractivity (Wildman–Crippen MR) is 114 cm³/mol. The number of carbonyl (C=O) groups excluding carboxylic acids is 1. The highest BCUT2D eigenvalue weighted by Gasteiger charge is 2.11. The molecule has 5 heteroatoms. The maximum Gasteiger partial charge on any atom is 0.256 e. The van der Waals surface area contributed by atoms with Crippen molar-refractivity contribution >= 4 is 38.8 Å². The molecule has 2 N–H and O–H groups in total. The van der Waals surface area contributed by atoms with E-state index in [0.717, 1.165) is 39.4 Å². The van der Waals surface area contributed by atoms with E-state index in [0.29, 0.717) is 5.56 Å². The van der Waals surface area contributed by atoms with E-state index in [-0.39, 0.29) is 5.91 Å². The van der Waals surface area contributed by atoms with Gasteiger partial charge in [-0.2, -0.15) is 0 Å². The second-order valence-corrected chi connectivity index (χ2v) is 6.99. The zero-order valence-corrected chi connectivity index (χ0v) is 15.7. The summed E-state index contributed by atoms with van der Waals surface area (Å²) >= 11 is 1.58. The van der Waals surface area contributed by atoms with Crippen molar-refractivity contribution < 1.29 is 4.79 Å². The number of nitrogens with one attached hydrogen (secondary N) is 2. The van der Waals surface area contributed by atoms with Gasteiger partial charge in [0.25, 0.3) is 5.91 Å². The molecule has 0 saturated carbocycles. The van der Waals surface area contributed by atoms with Crippen LogP contribution < -0.4 is 10.6 Å². The molecule has 1 heterocycles. The molecule has 0 aliphatic rings. The van der Waals surface area contributed by atoms with Crippen LogP contribution in [0, 0.1) is 0 Å². The van der Waals surface area contributed by atoms with Crippen molar-refractivity contribution in [2.24, 2.45) is 0 Å². The summed E-state index contributed by atoms with van der Waals surface area (Å²) in [7, 11) is 0. The van der Waals surface area contributed by atoms with Gasteiger partial charge in [0, 0.05) is 28.7 Å². The molecule has 4 aromatic rings. The van der Waals surface area contributed by atoms with Crippen LogP contribution in [0.1, 0.15) is 17.3 Å². The first kappa shape index (κ1) is 17.2. The van der Waals surface area contributed by atoms with Crippen molar-refractivity contribution in [1.29, 1.82) is 0 Å². The van der Waals surface area contributed by atoms with Crippen LogP contribution in [0.5, 0.6) is 0 Å². The fourth-order valence-corrected chi connectivity index (χ4v) is 3.81. The molecule has 4 nitrogen and oxygen atoms in total. The second-order valence-electron chi connectivity index (χ2n) is 6.13. The third kappa shape index (κ3) is 3.68. The Hall–Kier alpha value is -3.18. The molecule has 1 amide bonds. The number of nitrogens with zero attached hydrogens (tertiary/aromatic N) is 1. The third-order valence-electron chi connectivity index (χ3n) is 4.28. The summed E-state index contributed by atoms with van der Waals surface area (Å²) in [4.78, 5) is 17.4. The molecule has 134 valence electrons. The Morgan fingerprint density at radius 3 is 2.74 bits per heavy atom. The zero-order valence-electron chi connectivity index (χ0n) is 14.9. The van der Waals surface area contributed by atoms with Crippen LogP contribution in [0.2, 0.25) is 0 Å². The smallest absolute Gasteiger partial charge is 0.256 e. The average molecular weight is 373 g/mol. The van der Waals surface area contributed by atoms with Crippen molar-refractivity contribution in [3.63, 3.8) is 0 Å². The van der Waals surface area contributed by atoms with Gasteiger partial charge in [-0.15, -0.1) is 11.3 Å². The topological polar surface area (TPSA) is 54.0 Å². The van der Waals surface area contributed by atoms with Gasteiger partial charge in [0.2, 0.25) is 0 Å². The van der Waals surface area contributed by atoms with Crippen LogP contribution in [-0.4, -0.2) is 17.4 Å². The molecular weight excluding hydrogens is 354 g/mol. The number of thiazole rings is 1. The number of benzene rings is 3. The van der Waals surface area contributed by atoms with E-state index in [4.69, 9.17) is 0 Å². The summed E-state index contributed by atoms with van der Waals surface area (Å²) < 4.78 is 0. The molecule has 3 aromatic carbocycles. The molecule has 0 aliphatic carbocycles. The number of hydrogen-bond acceptors (Lipinski definition) is 4. The van der Waals surface area contributed by atoms with Crippen LogP contribution in [0.15, 0.2) is 72.1 Å². The second kappa shape index (κ2) is 7.60. The maximum absolute atomic E-state index is 12.8. The molecule has 27 heavy (non-hydrogen) atoms. The largest absolute Gasteiger partial charge is 0.362 e. The number of carbonyl (C=O) groups is 1. The fourth-order valence-electron chi connectivity index (χ4n) is 3.02. The molecule has 0 unspecified atom stereocenters. The van der Waals surface area contributed by atoms with Gasteiger partial charge in [0.1, 0.15) is 0 Å². The summed E-state index contributed by atoms with van der Waals surface area (Å²) in [6, 6.07) is 21.4. The van der Waals surface area contributed by atoms with Gasteiger partial charge in [-0.1, -0.05) is 48.5 Å². The zero-order chi connectivity index (χ0) is 18.6. The fraction of sp³-hybridized carbons (Fsp3) is 0.0909. The number of fused-ring (bicyclic) bond motifs is 1. The lowest BCUT2D eigenvalue weighted by atomic mass is 10.0. The summed E-state index contributed by atoms with van der Waals surface area (Å²) in [6.07, 6.45) is 0. The highest BCUT2D eigenvalue weighted by molar-refractivity contribution is 7.14. The summed E-state index contributed by atoms with van der Waals surface area (Å²) in [6.45, 7) is 2.89. The molecule has 0 spiro atoms. The lowest BCUT2D eigenvalue weighted by Gasteiger charge is -2.09. The number of rotatable bonds is 5. The molecule has 0 atom stereocenters. The highest BCUT2D eigenvalue weighted by atomic mass is 32.1. The monoisotopic (exact) mass is 373 g/mol. The van der Waals surface area contributed by atoms with E-state index < -0.39 is 0 Å². The third-order valence-corrected chi connectivity index (χ3v) is 5.08. The van der Waals surface area contributed by atoms with Crippen LogP contribution >= 0.6 is 11.3 Å². The Labute approximate surface area is 161 Å². The predicted octanol–water partition coefficient (Wildman–Crippen LogP) is 5.65. The maximum atomic E-state index is 12.8. The van der Waals surface area contributed by atoms with E-state index in [1.54, 1.807) is 11.3 Å². The summed E-state index contributed by atoms with van der Waals surface area (Å²) in [5.74, 6) is -0.115. The summed E-state index contributed by atoms with van der Waals surface area (Å²) in [5.41, 5.74) is 3.30. The van der Waals surface area contributed by atoms with Crippen LogP contribution in [0.4, 0.5) is 10.8 Å². The van der Waals surface area contributed by atoms with Crippen LogP contribution in [0.25, 0.3) is 22.0 Å². The van der Waals surface area contributed by atoms with Gasteiger partial charge >= 0.3 is 0 Å². The van der Waals surface area contributed by atoms with Crippen molar-refractivity contribution in [3.8, 4) is 11.3 Å². The van der Waals surface area contributed by atoms with Gasteiger partial charge in [-0.3, -0.25) is 4.79 Å². The number of anilines is 2. The number of aromatic nitrogens is 1. The van der Waals surface area contributed by atoms with Crippen LogP contribution in [-0.2, 0) is 0 Å². The number of amides is 1. The van der Waals surface area contributed by atoms with E-state index in [9.17, 15) is 4.79 Å². The van der Waals surface area contributed by atoms with E-state index in [1.807, 2.05) is 79.0 Å². The average Bonchev–Trinajstić information content (AvgIpc) is 3.17. The van der Waals surface area contributed by atoms with Gasteiger partial charge in [-0.25, -0.2) is 4.98 Å². The molecule has 0 radical (unpaired) electrons. The van der Waals surface area contributed by atoms with Crippen molar-refractivity contribution in [2.75, 3.05) is 17.2 Å². The molecule has 4 rings (SSSR count). The lowest BCUT2D eigenvalue weighted by Crippen LogP contribution is -2.12. The molecule has 0 saturated heterocycles. The van der Waals surface area contributed by atoms with Crippen molar-refractivity contribution in [1.82, 2.24) is 4.98 Å². The first-order valence-corrected chi connectivity index (χ1v) is 9.71. The van der Waals surface area contributed by atoms with Crippen molar-refractivity contribution in [3.05, 3.63) is 77.7 Å². The Balaban J connectivity index is 1.60. The van der Waals surface area contributed by atoms with E-state index >= 15 is 0 Å².